The number of halogens is 3. The molecule has 134 valence electrons. The highest BCUT2D eigenvalue weighted by molar-refractivity contribution is 6.43. The normalized spacial score (nSPS) is 12.1. The average Bonchev–Trinajstić information content (AvgIpc) is 2.50. The van der Waals surface area contributed by atoms with Gasteiger partial charge in [0.1, 0.15) is 6.10 Å². The summed E-state index contributed by atoms with van der Waals surface area (Å²) in [6, 6.07) is 2.79. The Morgan fingerprint density at radius 2 is 1.58 bits per heavy atom. The van der Waals surface area contributed by atoms with Gasteiger partial charge in [-0.05, 0) is 24.8 Å². The molecule has 1 unspecified atom stereocenters. The molecule has 7 heteroatoms. The van der Waals surface area contributed by atoms with Gasteiger partial charge in [0.15, 0.2) is 5.75 Å². The predicted molar refractivity (Wildman–Crippen MR) is 96.0 cm³/mol. The standard InChI is InChI=1S/C17H21Cl3O4/c1-4-14(10(2)3)23-16(21)6-5-7-17(22)24-15-9-12(19)11(18)8-13(15)20/h8-10,14H,4-7H2,1-3H3. The quantitative estimate of drug-likeness (QED) is 0.322. The largest absolute Gasteiger partial charge is 0.462 e. The van der Waals surface area contributed by atoms with E-state index < -0.39 is 5.97 Å². The molecule has 0 bridgehead atoms. The van der Waals surface area contributed by atoms with Crippen LogP contribution < -0.4 is 4.74 Å². The van der Waals surface area contributed by atoms with Crippen molar-refractivity contribution in [1.29, 1.82) is 0 Å². The zero-order chi connectivity index (χ0) is 18.3. The topological polar surface area (TPSA) is 52.6 Å². The van der Waals surface area contributed by atoms with E-state index in [9.17, 15) is 9.59 Å². The van der Waals surface area contributed by atoms with Crippen LogP contribution in [0.1, 0.15) is 46.5 Å². The smallest absolute Gasteiger partial charge is 0.311 e. The molecule has 1 aromatic rings. The lowest BCUT2D eigenvalue weighted by Gasteiger charge is -2.19. The summed E-state index contributed by atoms with van der Waals surface area (Å²) in [4.78, 5) is 23.6. The van der Waals surface area contributed by atoms with E-state index in [2.05, 4.69) is 0 Å². The molecule has 0 fully saturated rings. The highest BCUT2D eigenvalue weighted by Gasteiger charge is 2.17. The van der Waals surface area contributed by atoms with Crippen LogP contribution in [0, 0.1) is 5.92 Å². The fourth-order valence-electron chi connectivity index (χ4n) is 2.05. The van der Waals surface area contributed by atoms with Gasteiger partial charge in [0, 0.05) is 18.9 Å². The Kier molecular flexibility index (Phi) is 8.88. The molecule has 0 aliphatic heterocycles. The van der Waals surface area contributed by atoms with Crippen LogP contribution in [0.2, 0.25) is 15.1 Å². The number of benzene rings is 1. The van der Waals surface area contributed by atoms with Crippen LogP contribution in [0.3, 0.4) is 0 Å². The zero-order valence-corrected chi connectivity index (χ0v) is 16.2. The Bertz CT molecular complexity index is 587. The second-order valence-corrected chi connectivity index (χ2v) is 6.93. The zero-order valence-electron chi connectivity index (χ0n) is 13.9. The fourth-order valence-corrected chi connectivity index (χ4v) is 2.63. The molecule has 0 radical (unpaired) electrons. The minimum absolute atomic E-state index is 0.0736. The first kappa shape index (κ1) is 21.1. The molecule has 1 atom stereocenters. The van der Waals surface area contributed by atoms with E-state index in [-0.39, 0.29) is 51.7 Å². The summed E-state index contributed by atoms with van der Waals surface area (Å²) in [6.45, 7) is 5.97. The Balaban J connectivity index is 2.42. The highest BCUT2D eigenvalue weighted by atomic mass is 35.5. The molecular formula is C17H21Cl3O4. The Morgan fingerprint density at radius 3 is 2.17 bits per heavy atom. The lowest BCUT2D eigenvalue weighted by atomic mass is 10.1. The van der Waals surface area contributed by atoms with Crippen LogP contribution in [-0.4, -0.2) is 18.0 Å². The first-order chi connectivity index (χ1) is 11.2. The molecular weight excluding hydrogens is 375 g/mol. The Morgan fingerprint density at radius 1 is 1.00 bits per heavy atom. The SMILES string of the molecule is CCC(OC(=O)CCCC(=O)Oc1cc(Cl)c(Cl)cc1Cl)C(C)C. The van der Waals surface area contributed by atoms with Crippen molar-refractivity contribution in [1.82, 2.24) is 0 Å². The molecule has 0 saturated carbocycles. The van der Waals surface area contributed by atoms with E-state index in [1.807, 2.05) is 20.8 Å². The van der Waals surface area contributed by atoms with E-state index in [0.717, 1.165) is 6.42 Å². The van der Waals surface area contributed by atoms with Crippen molar-refractivity contribution >= 4 is 46.7 Å². The fraction of sp³-hybridized carbons (Fsp3) is 0.529. The van der Waals surface area contributed by atoms with Crippen LogP contribution >= 0.6 is 34.8 Å². The van der Waals surface area contributed by atoms with Gasteiger partial charge >= 0.3 is 11.9 Å². The third kappa shape index (κ3) is 6.88. The number of rotatable bonds is 8. The molecule has 0 aromatic heterocycles. The van der Waals surface area contributed by atoms with Gasteiger partial charge in [-0.2, -0.15) is 0 Å². The molecule has 0 aliphatic rings. The number of hydrogen-bond donors (Lipinski definition) is 0. The highest BCUT2D eigenvalue weighted by Crippen LogP contribution is 2.34. The molecule has 0 amide bonds. The lowest BCUT2D eigenvalue weighted by molar-refractivity contribution is -0.151. The van der Waals surface area contributed by atoms with E-state index in [1.165, 1.54) is 12.1 Å². The predicted octanol–water partition coefficient (Wildman–Crippen LogP) is 5.70. The number of esters is 2. The maximum atomic E-state index is 11.8. The molecule has 1 aromatic carbocycles. The molecule has 0 aliphatic carbocycles. The minimum atomic E-state index is -0.501. The van der Waals surface area contributed by atoms with Gasteiger partial charge in [0.05, 0.1) is 15.1 Å². The van der Waals surface area contributed by atoms with Gasteiger partial charge < -0.3 is 9.47 Å². The molecule has 0 spiro atoms. The number of carbonyl (C=O) groups excluding carboxylic acids is 2. The molecule has 4 nitrogen and oxygen atoms in total. The third-order valence-corrected chi connectivity index (χ3v) is 4.41. The van der Waals surface area contributed by atoms with E-state index in [4.69, 9.17) is 44.3 Å². The number of ether oxygens (including phenoxy) is 2. The van der Waals surface area contributed by atoms with Crippen molar-refractivity contribution in [3.8, 4) is 5.75 Å². The van der Waals surface area contributed by atoms with Crippen LogP contribution in [0.4, 0.5) is 0 Å². The first-order valence-corrected chi connectivity index (χ1v) is 8.92. The summed E-state index contributed by atoms with van der Waals surface area (Å²) >= 11 is 17.6. The maximum Gasteiger partial charge on any atom is 0.311 e. The lowest BCUT2D eigenvalue weighted by Crippen LogP contribution is -2.22. The molecule has 0 saturated heterocycles. The molecule has 0 heterocycles. The van der Waals surface area contributed by atoms with E-state index >= 15 is 0 Å². The summed E-state index contributed by atoms with van der Waals surface area (Å²) in [5, 5.41) is 0.714. The van der Waals surface area contributed by atoms with Crippen molar-refractivity contribution < 1.29 is 19.1 Å². The molecule has 1 rings (SSSR count). The van der Waals surface area contributed by atoms with E-state index in [0.29, 0.717) is 6.42 Å². The monoisotopic (exact) mass is 394 g/mol. The van der Waals surface area contributed by atoms with E-state index in [1.54, 1.807) is 0 Å². The van der Waals surface area contributed by atoms with Gasteiger partial charge in [-0.3, -0.25) is 9.59 Å². The van der Waals surface area contributed by atoms with Gasteiger partial charge in [0.2, 0.25) is 0 Å². The van der Waals surface area contributed by atoms with Crippen LogP contribution in [0.25, 0.3) is 0 Å². The van der Waals surface area contributed by atoms with Gasteiger partial charge in [0.25, 0.3) is 0 Å². The molecule has 0 N–H and O–H groups in total. The first-order valence-electron chi connectivity index (χ1n) is 7.79. The van der Waals surface area contributed by atoms with Crippen LogP contribution in [-0.2, 0) is 14.3 Å². The third-order valence-electron chi connectivity index (χ3n) is 3.39. The molecule has 24 heavy (non-hydrogen) atoms. The summed E-state index contributed by atoms with van der Waals surface area (Å²) < 4.78 is 10.5. The van der Waals surface area contributed by atoms with Crippen molar-refractivity contribution in [2.45, 2.75) is 52.6 Å². The summed E-state index contributed by atoms with van der Waals surface area (Å²) in [6.07, 6.45) is 1.24. The van der Waals surface area contributed by atoms with Gasteiger partial charge in [-0.15, -0.1) is 0 Å². The van der Waals surface area contributed by atoms with Crippen LogP contribution in [0.15, 0.2) is 12.1 Å². The van der Waals surface area contributed by atoms with Gasteiger partial charge in [-0.25, -0.2) is 0 Å². The Labute approximate surface area is 157 Å². The Hall–Kier alpha value is -0.970. The van der Waals surface area contributed by atoms with Crippen molar-refractivity contribution in [2.75, 3.05) is 0 Å². The number of hydrogen-bond acceptors (Lipinski definition) is 4. The van der Waals surface area contributed by atoms with Gasteiger partial charge in [-0.1, -0.05) is 55.6 Å². The summed E-state index contributed by atoms with van der Waals surface area (Å²) in [5.41, 5.74) is 0. The van der Waals surface area contributed by atoms with Crippen molar-refractivity contribution in [3.63, 3.8) is 0 Å². The average molecular weight is 396 g/mol. The van der Waals surface area contributed by atoms with Crippen molar-refractivity contribution in [3.05, 3.63) is 27.2 Å². The second-order valence-electron chi connectivity index (χ2n) is 5.70. The maximum absolute atomic E-state index is 11.8. The summed E-state index contributed by atoms with van der Waals surface area (Å²) in [5.74, 6) is -0.403. The minimum Gasteiger partial charge on any atom is -0.462 e. The number of carbonyl (C=O) groups is 2. The van der Waals surface area contributed by atoms with Crippen molar-refractivity contribution in [2.24, 2.45) is 5.92 Å². The summed E-state index contributed by atoms with van der Waals surface area (Å²) in [7, 11) is 0. The van der Waals surface area contributed by atoms with Crippen LogP contribution in [0.5, 0.6) is 5.75 Å². The second kappa shape index (κ2) is 10.1.